The van der Waals surface area contributed by atoms with Gasteiger partial charge in [0.05, 0.1) is 5.52 Å². The molecule has 4 N–H and O–H groups in total. The molecule has 2 heterocycles. The Bertz CT molecular complexity index is 1150. The van der Waals surface area contributed by atoms with E-state index in [-0.39, 0.29) is 30.3 Å². The van der Waals surface area contributed by atoms with Gasteiger partial charge in [0, 0.05) is 35.7 Å². The number of benzene rings is 2. The van der Waals surface area contributed by atoms with Crippen molar-refractivity contribution < 1.29 is 27.9 Å². The number of aromatic amines is 1. The molecule has 1 aromatic heterocycles. The van der Waals surface area contributed by atoms with Crippen LogP contribution in [0.25, 0.3) is 22.2 Å². The molecule has 6 nitrogen and oxygen atoms in total. The molecular formula is C21H18F3N3O3. The Balaban J connectivity index is 1.66. The lowest BCUT2D eigenvalue weighted by Crippen LogP contribution is -2.45. The third kappa shape index (κ3) is 3.76. The lowest BCUT2D eigenvalue weighted by Gasteiger charge is -2.13. The Morgan fingerprint density at radius 2 is 1.97 bits per heavy atom. The predicted octanol–water partition coefficient (Wildman–Crippen LogP) is 2.16. The second-order valence-electron chi connectivity index (χ2n) is 7.16. The number of amides is 2. The number of aliphatic hydroxyl groups excluding tert-OH is 1. The van der Waals surface area contributed by atoms with Crippen molar-refractivity contribution in [3.63, 3.8) is 0 Å². The second kappa shape index (κ2) is 7.83. The predicted molar refractivity (Wildman–Crippen MR) is 103 cm³/mol. The molecule has 4 rings (SSSR count). The van der Waals surface area contributed by atoms with E-state index in [0.29, 0.717) is 16.8 Å². The molecule has 0 aliphatic carbocycles. The van der Waals surface area contributed by atoms with Crippen LogP contribution in [0.15, 0.2) is 36.4 Å². The van der Waals surface area contributed by atoms with E-state index < -0.39 is 41.4 Å². The topological polar surface area (TPSA) is 94.2 Å². The van der Waals surface area contributed by atoms with E-state index in [1.165, 1.54) is 18.2 Å². The first-order chi connectivity index (χ1) is 14.3. The minimum Gasteiger partial charge on any atom is -0.389 e. The fraction of sp³-hybridized carbons (Fsp3) is 0.238. The van der Waals surface area contributed by atoms with Crippen molar-refractivity contribution in [3.8, 4) is 11.3 Å². The molecule has 2 aromatic carbocycles. The number of hydrogen-bond donors (Lipinski definition) is 4. The van der Waals surface area contributed by atoms with E-state index >= 15 is 0 Å². The maximum Gasteiger partial charge on any atom is 0.245 e. The number of hydrogen-bond acceptors (Lipinski definition) is 3. The highest BCUT2D eigenvalue weighted by Gasteiger charge is 2.34. The van der Waals surface area contributed by atoms with Crippen molar-refractivity contribution in [3.05, 3.63) is 59.4 Å². The number of aromatic nitrogens is 1. The van der Waals surface area contributed by atoms with E-state index in [0.717, 1.165) is 12.1 Å². The summed E-state index contributed by atoms with van der Waals surface area (Å²) < 4.78 is 41.9. The number of carbonyl (C=O) groups excluding carboxylic acids is 2. The smallest absolute Gasteiger partial charge is 0.245 e. The molecule has 1 aliphatic rings. The zero-order valence-electron chi connectivity index (χ0n) is 15.6. The van der Waals surface area contributed by atoms with Crippen molar-refractivity contribution in [2.45, 2.75) is 25.0 Å². The second-order valence-corrected chi connectivity index (χ2v) is 7.16. The first kappa shape index (κ1) is 20.0. The minimum atomic E-state index is -1.04. The average Bonchev–Trinajstić information content (AvgIpc) is 3.21. The molecule has 1 aliphatic heterocycles. The normalized spacial score (nSPS) is 18.6. The molecule has 2 atom stereocenters. The van der Waals surface area contributed by atoms with Crippen LogP contribution in [0.1, 0.15) is 12.0 Å². The highest BCUT2D eigenvalue weighted by Crippen LogP contribution is 2.33. The Morgan fingerprint density at radius 1 is 1.17 bits per heavy atom. The lowest BCUT2D eigenvalue weighted by atomic mass is 10.0. The summed E-state index contributed by atoms with van der Waals surface area (Å²) in [5, 5.41) is 14.9. The fourth-order valence-corrected chi connectivity index (χ4v) is 3.68. The molecule has 0 radical (unpaired) electrons. The van der Waals surface area contributed by atoms with Crippen LogP contribution in [0.2, 0.25) is 0 Å². The third-order valence-electron chi connectivity index (χ3n) is 5.12. The molecular weight excluding hydrogens is 399 g/mol. The van der Waals surface area contributed by atoms with Crippen LogP contribution < -0.4 is 10.6 Å². The fourth-order valence-electron chi connectivity index (χ4n) is 3.68. The first-order valence-corrected chi connectivity index (χ1v) is 9.34. The molecule has 1 fully saturated rings. The van der Waals surface area contributed by atoms with Crippen molar-refractivity contribution >= 4 is 22.7 Å². The zero-order valence-corrected chi connectivity index (χ0v) is 15.6. The van der Waals surface area contributed by atoms with Crippen molar-refractivity contribution in [2.24, 2.45) is 0 Å². The van der Waals surface area contributed by atoms with Gasteiger partial charge in [0.1, 0.15) is 29.6 Å². The van der Waals surface area contributed by atoms with Gasteiger partial charge in [-0.1, -0.05) is 12.1 Å². The van der Waals surface area contributed by atoms with Gasteiger partial charge in [-0.15, -0.1) is 0 Å². The van der Waals surface area contributed by atoms with Crippen LogP contribution in [-0.4, -0.2) is 40.6 Å². The van der Waals surface area contributed by atoms with E-state index in [2.05, 4.69) is 15.6 Å². The number of fused-ring (bicyclic) bond motifs is 1. The van der Waals surface area contributed by atoms with Gasteiger partial charge in [-0.3, -0.25) is 9.59 Å². The Labute approximate surface area is 169 Å². The molecule has 30 heavy (non-hydrogen) atoms. The van der Waals surface area contributed by atoms with Gasteiger partial charge >= 0.3 is 0 Å². The number of rotatable bonds is 5. The van der Waals surface area contributed by atoms with Gasteiger partial charge in [-0.25, -0.2) is 13.2 Å². The largest absolute Gasteiger partial charge is 0.389 e. The molecule has 0 spiro atoms. The molecule has 0 saturated carbocycles. The molecule has 3 aromatic rings. The summed E-state index contributed by atoms with van der Waals surface area (Å²) >= 11 is 0. The lowest BCUT2D eigenvalue weighted by molar-refractivity contribution is -0.128. The van der Waals surface area contributed by atoms with E-state index in [9.17, 15) is 27.9 Å². The highest BCUT2D eigenvalue weighted by molar-refractivity contribution is 5.93. The van der Waals surface area contributed by atoms with Gasteiger partial charge in [0.25, 0.3) is 0 Å². The van der Waals surface area contributed by atoms with Crippen molar-refractivity contribution in [2.75, 3.05) is 6.54 Å². The van der Waals surface area contributed by atoms with Crippen LogP contribution in [0, 0.1) is 17.5 Å². The van der Waals surface area contributed by atoms with Crippen molar-refractivity contribution in [1.29, 1.82) is 0 Å². The molecule has 0 unspecified atom stereocenters. The minimum absolute atomic E-state index is 0.0501. The van der Waals surface area contributed by atoms with Crippen LogP contribution in [-0.2, 0) is 16.0 Å². The SMILES string of the molecule is O=C(CCc1c(-c2cccc(F)c2)[nH]c2c(F)cc(F)cc12)N[C@@H]1C(=O)NC[C@H]1O. The Morgan fingerprint density at radius 3 is 2.67 bits per heavy atom. The Kier molecular flexibility index (Phi) is 5.21. The summed E-state index contributed by atoms with van der Waals surface area (Å²) in [6, 6.07) is 6.47. The van der Waals surface area contributed by atoms with Crippen molar-refractivity contribution in [1.82, 2.24) is 15.6 Å². The van der Waals surface area contributed by atoms with Crippen LogP contribution in [0.4, 0.5) is 13.2 Å². The van der Waals surface area contributed by atoms with Crippen LogP contribution in [0.3, 0.4) is 0 Å². The van der Waals surface area contributed by atoms with Crippen LogP contribution in [0.5, 0.6) is 0 Å². The van der Waals surface area contributed by atoms with E-state index in [4.69, 9.17) is 0 Å². The number of H-pyrrole nitrogens is 1. The highest BCUT2D eigenvalue weighted by atomic mass is 19.1. The zero-order chi connectivity index (χ0) is 21.4. The first-order valence-electron chi connectivity index (χ1n) is 9.34. The van der Waals surface area contributed by atoms with Gasteiger partial charge < -0.3 is 20.7 Å². The monoisotopic (exact) mass is 417 g/mol. The molecule has 1 saturated heterocycles. The third-order valence-corrected chi connectivity index (χ3v) is 5.12. The van der Waals surface area contributed by atoms with Crippen LogP contribution >= 0.6 is 0 Å². The molecule has 0 bridgehead atoms. The average molecular weight is 417 g/mol. The number of β-amino-alcohol motifs (C(OH)–C–C–N with tert-alkyl or cyclic N) is 1. The summed E-state index contributed by atoms with van der Waals surface area (Å²) in [5.74, 6) is -3.06. The maximum atomic E-state index is 14.3. The number of halogens is 3. The quantitative estimate of drug-likeness (QED) is 0.513. The number of aryl methyl sites for hydroxylation is 1. The number of carbonyl (C=O) groups is 2. The molecule has 9 heteroatoms. The summed E-state index contributed by atoms with van der Waals surface area (Å²) in [4.78, 5) is 26.9. The maximum absolute atomic E-state index is 14.3. The summed E-state index contributed by atoms with van der Waals surface area (Å²) in [5.41, 5.74) is 1.30. The molecule has 2 amide bonds. The van der Waals surface area contributed by atoms with Gasteiger partial charge in [0.2, 0.25) is 11.8 Å². The summed E-state index contributed by atoms with van der Waals surface area (Å²) in [6.07, 6.45) is -1.06. The van der Waals surface area contributed by atoms with E-state index in [1.54, 1.807) is 6.07 Å². The summed E-state index contributed by atoms with van der Waals surface area (Å²) in [6.45, 7) is 0.0501. The van der Waals surface area contributed by atoms with Gasteiger partial charge in [0.15, 0.2) is 0 Å². The summed E-state index contributed by atoms with van der Waals surface area (Å²) in [7, 11) is 0. The Hall–Kier alpha value is -3.33. The van der Waals surface area contributed by atoms with Gasteiger partial charge in [-0.05, 0) is 30.2 Å². The molecule has 156 valence electrons. The number of aliphatic hydroxyl groups is 1. The standard InChI is InChI=1S/C21H18F3N3O3/c22-11-3-1-2-10(6-11)18-13(14-7-12(23)8-15(24)19(14)27-18)4-5-17(29)26-20-16(28)9-25-21(20)30/h1-3,6-8,16,20,27-28H,4-5,9H2,(H,25,30)(H,26,29)/t16-,20+/m1/s1. The van der Waals surface area contributed by atoms with E-state index in [1.807, 2.05) is 0 Å². The van der Waals surface area contributed by atoms with Gasteiger partial charge in [-0.2, -0.15) is 0 Å². The number of nitrogens with one attached hydrogen (secondary N) is 3.